The highest BCUT2D eigenvalue weighted by atomic mass is 19.1. The van der Waals surface area contributed by atoms with Gasteiger partial charge in [-0.3, -0.25) is 0 Å². The Hall–Kier alpha value is -3.01. The Kier molecular flexibility index (Phi) is 9.35. The van der Waals surface area contributed by atoms with Crippen molar-refractivity contribution in [2.24, 2.45) is 17.3 Å². The zero-order chi connectivity index (χ0) is 27.1. The van der Waals surface area contributed by atoms with Crippen molar-refractivity contribution in [3.8, 4) is 17.6 Å². The summed E-state index contributed by atoms with van der Waals surface area (Å²) in [5, 5.41) is 8.74. The number of hydrogen-bond donors (Lipinski definition) is 0. The van der Waals surface area contributed by atoms with Crippen molar-refractivity contribution in [3.05, 3.63) is 58.9 Å². The number of nitrogens with zero attached hydrogens (tertiary/aromatic N) is 1. The minimum Gasteiger partial charge on any atom is -0.493 e. The lowest BCUT2D eigenvalue weighted by molar-refractivity contribution is 0.0373. The van der Waals surface area contributed by atoms with Gasteiger partial charge in [0.25, 0.3) is 0 Å². The molecule has 2 fully saturated rings. The van der Waals surface area contributed by atoms with Crippen LogP contribution in [0.15, 0.2) is 30.3 Å². The van der Waals surface area contributed by atoms with E-state index in [0.717, 1.165) is 24.8 Å². The zero-order valence-electron chi connectivity index (χ0n) is 22.0. The molecule has 0 aromatic heterocycles. The highest BCUT2D eigenvalue weighted by Crippen LogP contribution is 2.52. The molecule has 0 N–H and O–H groups in total. The second-order valence-corrected chi connectivity index (χ2v) is 11.0. The molecule has 0 radical (unpaired) electrons. The van der Waals surface area contributed by atoms with Crippen LogP contribution < -0.4 is 9.47 Å². The predicted molar refractivity (Wildman–Crippen MR) is 138 cm³/mol. The smallest absolute Gasteiger partial charge is 0.346 e. The van der Waals surface area contributed by atoms with Gasteiger partial charge in [-0.1, -0.05) is 39.0 Å². The number of halogens is 3. The van der Waals surface area contributed by atoms with E-state index >= 15 is 0 Å². The van der Waals surface area contributed by atoms with Crippen molar-refractivity contribution in [3.63, 3.8) is 0 Å². The van der Waals surface area contributed by atoms with Crippen LogP contribution in [-0.4, -0.2) is 12.6 Å². The maximum Gasteiger partial charge on any atom is 0.346 e. The first kappa shape index (κ1) is 28.0. The lowest BCUT2D eigenvalue weighted by Crippen LogP contribution is -2.36. The molecule has 4 rings (SSSR count). The maximum absolute atomic E-state index is 14.7. The van der Waals surface area contributed by atoms with Crippen LogP contribution >= 0.6 is 0 Å². The molecule has 4 nitrogen and oxygen atoms in total. The van der Waals surface area contributed by atoms with Crippen LogP contribution in [0.4, 0.5) is 13.2 Å². The van der Waals surface area contributed by atoms with Gasteiger partial charge in [0, 0.05) is 18.2 Å². The fraction of sp³-hybridized carbons (Fsp3) is 0.548. The number of carbonyl (C=O) groups is 1. The fourth-order valence-electron chi connectivity index (χ4n) is 6.43. The monoisotopic (exact) mass is 527 g/mol. The first-order valence-corrected chi connectivity index (χ1v) is 13.9. The number of benzene rings is 2. The third kappa shape index (κ3) is 6.51. The SMILES string of the molecule is CCCCC1(C2CCC(COc3ccc(C(=O)Oc4cc(F)c(C#N)c(F)c4)c(F)c3)CC2)CCCCC1. The molecule has 38 heavy (non-hydrogen) atoms. The minimum atomic E-state index is -1.16. The summed E-state index contributed by atoms with van der Waals surface area (Å²) in [6.45, 7) is 2.78. The van der Waals surface area contributed by atoms with Crippen molar-refractivity contribution in [1.82, 2.24) is 0 Å². The zero-order valence-corrected chi connectivity index (χ0v) is 22.0. The van der Waals surface area contributed by atoms with Crippen molar-refractivity contribution in [2.45, 2.75) is 84.0 Å². The van der Waals surface area contributed by atoms with Crippen molar-refractivity contribution < 1.29 is 27.4 Å². The van der Waals surface area contributed by atoms with E-state index in [9.17, 15) is 18.0 Å². The molecule has 7 heteroatoms. The summed E-state index contributed by atoms with van der Waals surface area (Å²) in [6.07, 6.45) is 15.5. The van der Waals surface area contributed by atoms with Crippen LogP contribution in [-0.2, 0) is 0 Å². The summed E-state index contributed by atoms with van der Waals surface area (Å²) >= 11 is 0. The van der Waals surface area contributed by atoms with Crippen molar-refractivity contribution >= 4 is 5.97 Å². The quantitative estimate of drug-likeness (QED) is 0.242. The Balaban J connectivity index is 1.30. The van der Waals surface area contributed by atoms with E-state index < -0.39 is 34.7 Å². The first-order valence-electron chi connectivity index (χ1n) is 13.9. The average molecular weight is 528 g/mol. The molecule has 0 saturated heterocycles. The summed E-state index contributed by atoms with van der Waals surface area (Å²) in [4.78, 5) is 12.4. The number of unbranched alkanes of at least 4 members (excludes halogenated alkanes) is 1. The van der Waals surface area contributed by atoms with Crippen molar-refractivity contribution in [2.75, 3.05) is 6.61 Å². The third-order valence-corrected chi connectivity index (χ3v) is 8.57. The van der Waals surface area contributed by atoms with Gasteiger partial charge in [-0.05, 0) is 74.3 Å². The van der Waals surface area contributed by atoms with E-state index in [2.05, 4.69) is 6.92 Å². The van der Waals surface area contributed by atoms with Gasteiger partial charge in [-0.25, -0.2) is 18.0 Å². The molecule has 0 unspecified atom stereocenters. The second-order valence-electron chi connectivity index (χ2n) is 11.0. The van der Waals surface area contributed by atoms with Gasteiger partial charge in [0.1, 0.15) is 40.6 Å². The minimum absolute atomic E-state index is 0.323. The van der Waals surface area contributed by atoms with E-state index in [1.54, 1.807) is 0 Å². The number of ether oxygens (including phenoxy) is 2. The molecule has 0 heterocycles. The predicted octanol–water partition coefficient (Wildman–Crippen LogP) is 8.52. The van der Waals surface area contributed by atoms with Gasteiger partial charge in [-0.15, -0.1) is 0 Å². The topological polar surface area (TPSA) is 59.3 Å². The van der Waals surface area contributed by atoms with Crippen LogP contribution in [0.5, 0.6) is 11.5 Å². The lowest BCUT2D eigenvalue weighted by atomic mass is 9.59. The molecule has 2 aliphatic carbocycles. The van der Waals surface area contributed by atoms with Gasteiger partial charge >= 0.3 is 5.97 Å². The number of hydrogen-bond acceptors (Lipinski definition) is 4. The standard InChI is InChI=1S/C31H36F3NO3/c1-2-3-13-31(14-5-4-6-15-31)22-9-7-21(8-10-22)20-37-23-11-12-25(27(32)16-23)30(36)38-24-17-28(33)26(19-35)29(34)18-24/h11-12,16-18,21-22H,2-10,13-15,20H2,1H3. The number of carbonyl (C=O) groups excluding carboxylic acids is 1. The van der Waals surface area contributed by atoms with E-state index in [1.165, 1.54) is 82.4 Å². The number of rotatable bonds is 9. The van der Waals surface area contributed by atoms with Gasteiger partial charge in [-0.2, -0.15) is 5.26 Å². The van der Waals surface area contributed by atoms with E-state index in [0.29, 0.717) is 35.8 Å². The molecule has 2 aliphatic rings. The van der Waals surface area contributed by atoms with Crippen LogP contribution in [0, 0.1) is 46.0 Å². The largest absolute Gasteiger partial charge is 0.493 e. The summed E-state index contributed by atoms with van der Waals surface area (Å²) in [6, 6.07) is 6.67. The van der Waals surface area contributed by atoms with Gasteiger partial charge in [0.05, 0.1) is 12.2 Å². The van der Waals surface area contributed by atoms with Crippen LogP contribution in [0.25, 0.3) is 0 Å². The van der Waals surface area contributed by atoms with Gasteiger partial charge in [0.15, 0.2) is 0 Å². The van der Waals surface area contributed by atoms with Gasteiger partial charge < -0.3 is 9.47 Å². The molecule has 2 aromatic rings. The van der Waals surface area contributed by atoms with E-state index in [1.807, 2.05) is 0 Å². The second kappa shape index (κ2) is 12.7. The summed E-state index contributed by atoms with van der Waals surface area (Å²) in [5.74, 6) is -3.19. The molecular weight excluding hydrogens is 491 g/mol. The molecule has 0 bridgehead atoms. The van der Waals surface area contributed by atoms with E-state index in [4.69, 9.17) is 14.7 Å². The fourth-order valence-corrected chi connectivity index (χ4v) is 6.43. The Labute approximate surface area is 223 Å². The van der Waals surface area contributed by atoms with Crippen LogP contribution in [0.2, 0.25) is 0 Å². The van der Waals surface area contributed by atoms with Crippen molar-refractivity contribution in [1.29, 1.82) is 5.26 Å². The summed E-state index contributed by atoms with van der Waals surface area (Å²) in [7, 11) is 0. The number of esters is 1. The normalized spacial score (nSPS) is 20.9. The van der Waals surface area contributed by atoms with Gasteiger partial charge in [0.2, 0.25) is 0 Å². The highest BCUT2D eigenvalue weighted by Gasteiger charge is 2.40. The average Bonchev–Trinajstić information content (AvgIpc) is 2.91. The molecule has 0 aliphatic heterocycles. The van der Waals surface area contributed by atoms with E-state index in [-0.39, 0.29) is 5.56 Å². The van der Waals surface area contributed by atoms with Crippen LogP contribution in [0.3, 0.4) is 0 Å². The maximum atomic E-state index is 14.7. The molecular formula is C31H36F3NO3. The highest BCUT2D eigenvalue weighted by molar-refractivity contribution is 5.91. The van der Waals surface area contributed by atoms with Crippen LogP contribution in [0.1, 0.15) is 99.9 Å². The molecule has 204 valence electrons. The Morgan fingerprint density at radius 1 is 0.974 bits per heavy atom. The Morgan fingerprint density at radius 2 is 1.63 bits per heavy atom. The molecule has 2 saturated carbocycles. The lowest BCUT2D eigenvalue weighted by Gasteiger charge is -2.47. The Bertz CT molecular complexity index is 1140. The molecule has 0 atom stereocenters. The summed E-state index contributed by atoms with van der Waals surface area (Å²) < 4.78 is 53.0. The first-order chi connectivity index (χ1) is 18.3. The molecule has 0 spiro atoms. The number of nitriles is 1. The summed E-state index contributed by atoms with van der Waals surface area (Å²) in [5.41, 5.74) is -0.632. The molecule has 2 aromatic carbocycles. The third-order valence-electron chi connectivity index (χ3n) is 8.57. The Morgan fingerprint density at radius 3 is 2.24 bits per heavy atom. The molecule has 0 amide bonds.